The molecule has 0 radical (unpaired) electrons. The van der Waals surface area contributed by atoms with E-state index < -0.39 is 0 Å². The first kappa shape index (κ1) is 36.1. The molecule has 0 N–H and O–H groups in total. The fourth-order valence-corrected chi connectivity index (χ4v) is 2.94. The van der Waals surface area contributed by atoms with Gasteiger partial charge in [0.05, 0.1) is 0 Å². The summed E-state index contributed by atoms with van der Waals surface area (Å²) in [6.45, 7) is 21.1. The first-order chi connectivity index (χ1) is 19.0. The summed E-state index contributed by atoms with van der Waals surface area (Å²) < 4.78 is 0. The molecule has 0 rings (SSSR count). The summed E-state index contributed by atoms with van der Waals surface area (Å²) in [5, 5.41) is 0. The van der Waals surface area contributed by atoms with Crippen molar-refractivity contribution in [3.63, 3.8) is 0 Å². The van der Waals surface area contributed by atoms with Gasteiger partial charge < -0.3 is 0 Å². The first-order valence-corrected chi connectivity index (χ1v) is 14.0. The average molecular weight is 533 g/mol. The van der Waals surface area contributed by atoms with Crippen molar-refractivity contribution in [2.24, 2.45) is 0 Å². The molecule has 0 aromatic rings. The van der Waals surface area contributed by atoms with Crippen LogP contribution in [0.1, 0.15) is 69.2 Å². The van der Waals surface area contributed by atoms with Gasteiger partial charge in [0.2, 0.25) is 0 Å². The lowest BCUT2D eigenvalue weighted by atomic mass is 10.2. The molecule has 0 fully saturated rings. The van der Waals surface area contributed by atoms with Crippen molar-refractivity contribution in [2.75, 3.05) is 0 Å². The second-order valence-electron chi connectivity index (χ2n) is 10.5. The molecule has 0 aromatic heterocycles. The van der Waals surface area contributed by atoms with Crippen molar-refractivity contribution >= 4 is 0 Å². The lowest BCUT2D eigenvalue weighted by Gasteiger charge is -1.91. The van der Waals surface area contributed by atoms with Crippen LogP contribution in [0.25, 0.3) is 0 Å². The van der Waals surface area contributed by atoms with E-state index in [2.05, 4.69) is 203 Å². The zero-order chi connectivity index (χ0) is 30.2. The lowest BCUT2D eigenvalue weighted by molar-refractivity contribution is 1.39. The zero-order valence-electron chi connectivity index (χ0n) is 26.7. The van der Waals surface area contributed by atoms with E-state index in [1.807, 2.05) is 0 Å². The Hall–Kier alpha value is -3.90. The van der Waals surface area contributed by atoms with Crippen molar-refractivity contribution in [1.82, 2.24) is 0 Å². The third-order valence-corrected chi connectivity index (χ3v) is 5.28. The Kier molecular flexibility index (Phi) is 20.8. The molecule has 0 bridgehead atoms. The Balaban J connectivity index is 4.81. The second kappa shape index (κ2) is 23.0. The van der Waals surface area contributed by atoms with Crippen molar-refractivity contribution in [1.29, 1.82) is 0 Å². The molecule has 0 aliphatic rings. The average Bonchev–Trinajstić information content (AvgIpc) is 2.86. The van der Waals surface area contributed by atoms with Gasteiger partial charge in [0.25, 0.3) is 0 Å². The molecule has 0 saturated carbocycles. The number of hydrogen-bond acceptors (Lipinski definition) is 0. The van der Waals surface area contributed by atoms with Crippen LogP contribution in [0.5, 0.6) is 0 Å². The Bertz CT molecular complexity index is 1130. The van der Waals surface area contributed by atoms with Gasteiger partial charge in [-0.2, -0.15) is 0 Å². The molecule has 0 nitrogen and oxygen atoms in total. The normalized spacial score (nSPS) is 15.4. The Morgan fingerprint density at radius 1 is 0.225 bits per heavy atom. The summed E-state index contributed by atoms with van der Waals surface area (Å²) in [5.41, 5.74) is 9.88. The minimum absolute atomic E-state index is 1.20. The molecule has 0 aliphatic heterocycles. The van der Waals surface area contributed by atoms with Crippen LogP contribution in [0.2, 0.25) is 0 Å². The van der Waals surface area contributed by atoms with Crippen LogP contribution in [0.4, 0.5) is 0 Å². The van der Waals surface area contributed by atoms with Crippen LogP contribution in [0, 0.1) is 0 Å². The topological polar surface area (TPSA) is 0 Å². The highest BCUT2D eigenvalue weighted by molar-refractivity contribution is 5.34. The summed E-state index contributed by atoms with van der Waals surface area (Å²) in [6, 6.07) is 0. The predicted molar refractivity (Wildman–Crippen MR) is 185 cm³/mol. The van der Waals surface area contributed by atoms with Crippen molar-refractivity contribution in [2.45, 2.75) is 69.2 Å². The van der Waals surface area contributed by atoms with Crippen LogP contribution in [-0.4, -0.2) is 0 Å². The van der Waals surface area contributed by atoms with E-state index in [0.717, 1.165) is 0 Å². The summed E-state index contributed by atoms with van der Waals surface area (Å²) in [4.78, 5) is 0. The summed E-state index contributed by atoms with van der Waals surface area (Å²) in [7, 11) is 0. The monoisotopic (exact) mass is 532 g/mol. The van der Waals surface area contributed by atoms with E-state index in [1.54, 1.807) is 0 Å². The molecule has 0 heteroatoms. The molecular weight excluding hydrogens is 480 g/mol. The van der Waals surface area contributed by atoms with E-state index in [4.69, 9.17) is 0 Å². The van der Waals surface area contributed by atoms with Crippen LogP contribution in [-0.2, 0) is 0 Å². The number of rotatable bonds is 14. The van der Waals surface area contributed by atoms with E-state index >= 15 is 0 Å². The van der Waals surface area contributed by atoms with Gasteiger partial charge in [-0.05, 0) is 69.2 Å². The van der Waals surface area contributed by atoms with E-state index in [9.17, 15) is 0 Å². The molecule has 0 heterocycles. The lowest BCUT2D eigenvalue weighted by Crippen LogP contribution is -1.70. The SMILES string of the molecule is CC(C)=CC=C/C(C)=C/C=C/C(C)=C/C=C/C(C)=C/C=C/C=C(C)/C=C/C=C(C)/C=C/C=C(\C)C=CC=C(C)C. The maximum atomic E-state index is 2.12. The van der Waals surface area contributed by atoms with Crippen molar-refractivity contribution < 1.29 is 0 Å². The van der Waals surface area contributed by atoms with Crippen molar-refractivity contribution in [3.05, 3.63) is 178 Å². The molecule has 0 unspecified atom stereocenters. The van der Waals surface area contributed by atoms with Gasteiger partial charge in [0.1, 0.15) is 0 Å². The second-order valence-corrected chi connectivity index (χ2v) is 10.5. The Morgan fingerprint density at radius 3 is 0.600 bits per heavy atom. The van der Waals surface area contributed by atoms with Gasteiger partial charge in [0.15, 0.2) is 0 Å². The minimum Gasteiger partial charge on any atom is -0.0764 e. The highest BCUT2D eigenvalue weighted by Gasteiger charge is 1.83. The number of hydrogen-bond donors (Lipinski definition) is 0. The molecule has 0 amide bonds. The molecule has 40 heavy (non-hydrogen) atoms. The number of allylic oxidation sites excluding steroid dienone is 30. The predicted octanol–water partition coefficient (Wildman–Crippen LogP) is 12.5. The Morgan fingerprint density at radius 2 is 0.400 bits per heavy atom. The van der Waals surface area contributed by atoms with Gasteiger partial charge in [-0.25, -0.2) is 0 Å². The third-order valence-electron chi connectivity index (χ3n) is 5.28. The maximum Gasteiger partial charge on any atom is -0.0398 e. The van der Waals surface area contributed by atoms with E-state index in [0.29, 0.717) is 0 Å². The molecule has 212 valence electrons. The largest absolute Gasteiger partial charge is 0.0764 e. The van der Waals surface area contributed by atoms with Crippen LogP contribution >= 0.6 is 0 Å². The van der Waals surface area contributed by atoms with Crippen LogP contribution in [0.3, 0.4) is 0 Å². The molecule has 0 saturated heterocycles. The standard InChI is InChI=1S/C40H52/c1-33(2)19-13-23-37(7)27-17-31-39(9)29-15-25-35(5)21-11-12-22-36(6)26-16-30-40(10)32-18-28-38(8)24-14-20-34(3)4/h11-32H,1-10H3/b12-11+,23-13?,24-14?,25-15+,26-16+,31-17+,32-18+,35-21+,36-22+,37-27+,38-28+,39-29+,40-30+. The highest BCUT2D eigenvalue weighted by atomic mass is 13.9. The van der Waals surface area contributed by atoms with Gasteiger partial charge in [-0.15, -0.1) is 0 Å². The molecule has 0 atom stereocenters. The molecular formula is C40H52. The van der Waals surface area contributed by atoms with Crippen LogP contribution < -0.4 is 0 Å². The van der Waals surface area contributed by atoms with Gasteiger partial charge in [-0.1, -0.05) is 178 Å². The summed E-state index contributed by atoms with van der Waals surface area (Å²) in [6.07, 6.45) is 46.4. The smallest absolute Gasteiger partial charge is 0.0398 e. The van der Waals surface area contributed by atoms with Crippen LogP contribution in [0.15, 0.2) is 178 Å². The fraction of sp³-hybridized carbons (Fsp3) is 0.250. The summed E-state index contributed by atoms with van der Waals surface area (Å²) >= 11 is 0. The zero-order valence-corrected chi connectivity index (χ0v) is 26.7. The van der Waals surface area contributed by atoms with Gasteiger partial charge >= 0.3 is 0 Å². The highest BCUT2D eigenvalue weighted by Crippen LogP contribution is 2.04. The Labute approximate surface area is 247 Å². The quantitative estimate of drug-likeness (QED) is 0.195. The molecule has 0 aliphatic carbocycles. The van der Waals surface area contributed by atoms with Gasteiger partial charge in [-0.3, -0.25) is 0 Å². The third kappa shape index (κ3) is 24.4. The molecule has 0 spiro atoms. The fourth-order valence-electron chi connectivity index (χ4n) is 2.94. The molecule has 0 aromatic carbocycles. The van der Waals surface area contributed by atoms with E-state index in [1.165, 1.54) is 44.6 Å². The maximum absolute atomic E-state index is 2.12. The van der Waals surface area contributed by atoms with Gasteiger partial charge in [0, 0.05) is 0 Å². The van der Waals surface area contributed by atoms with Crippen molar-refractivity contribution in [3.8, 4) is 0 Å². The first-order valence-electron chi connectivity index (χ1n) is 14.0. The minimum atomic E-state index is 1.20. The summed E-state index contributed by atoms with van der Waals surface area (Å²) in [5.74, 6) is 0. The van der Waals surface area contributed by atoms with E-state index in [-0.39, 0.29) is 0 Å².